The van der Waals surface area contributed by atoms with Crippen LogP contribution in [0.2, 0.25) is 0 Å². The van der Waals surface area contributed by atoms with Crippen LogP contribution in [0.5, 0.6) is 0 Å². The summed E-state index contributed by atoms with van der Waals surface area (Å²) in [5.41, 5.74) is 0.207. The molecule has 1 unspecified atom stereocenters. The van der Waals surface area contributed by atoms with Gasteiger partial charge in [0.15, 0.2) is 0 Å². The molecule has 3 heteroatoms. The third-order valence-corrected chi connectivity index (χ3v) is 5.64. The number of rotatable bonds is 2. The van der Waals surface area contributed by atoms with Crippen molar-refractivity contribution >= 4 is 11.8 Å². The Hall–Kier alpha value is 0.270. The summed E-state index contributed by atoms with van der Waals surface area (Å²) >= 11 is 2.10. The second kappa shape index (κ2) is 4.87. The van der Waals surface area contributed by atoms with Crippen LogP contribution in [0.4, 0.5) is 0 Å². The lowest BCUT2D eigenvalue weighted by atomic mass is 9.75. The fraction of sp³-hybridized carbons (Fsp3) is 1.00. The van der Waals surface area contributed by atoms with Crippen LogP contribution in [0.25, 0.3) is 0 Å². The molecule has 16 heavy (non-hydrogen) atoms. The summed E-state index contributed by atoms with van der Waals surface area (Å²) in [4.78, 5) is 0. The minimum atomic E-state index is 0.207. The van der Waals surface area contributed by atoms with E-state index < -0.39 is 0 Å². The van der Waals surface area contributed by atoms with Crippen molar-refractivity contribution in [3.63, 3.8) is 0 Å². The monoisotopic (exact) mass is 241 g/mol. The standard InChI is InChI=1S/C13H23NOS/c1-2-11(3-1)10-12-13(15-7-6-14-12)4-8-16-9-5-13/h11-12,14H,1-10H2. The van der Waals surface area contributed by atoms with Crippen molar-refractivity contribution in [2.45, 2.75) is 50.2 Å². The minimum absolute atomic E-state index is 0.207. The van der Waals surface area contributed by atoms with Crippen LogP contribution in [0, 0.1) is 5.92 Å². The Kier molecular flexibility index (Phi) is 3.46. The molecule has 2 aliphatic heterocycles. The fourth-order valence-corrected chi connectivity index (χ4v) is 4.53. The normalized spacial score (nSPS) is 34.9. The van der Waals surface area contributed by atoms with Gasteiger partial charge in [-0.25, -0.2) is 0 Å². The van der Waals surface area contributed by atoms with Crippen LogP contribution < -0.4 is 5.32 Å². The molecular formula is C13H23NOS. The maximum atomic E-state index is 6.21. The Labute approximate surface area is 103 Å². The molecule has 92 valence electrons. The van der Waals surface area contributed by atoms with Gasteiger partial charge in [-0.15, -0.1) is 0 Å². The second-order valence-corrected chi connectivity index (χ2v) is 6.79. The summed E-state index contributed by atoms with van der Waals surface area (Å²) in [5, 5.41) is 3.74. The van der Waals surface area contributed by atoms with Crippen LogP contribution in [-0.2, 0) is 4.74 Å². The van der Waals surface area contributed by atoms with Gasteiger partial charge in [0.25, 0.3) is 0 Å². The van der Waals surface area contributed by atoms with E-state index in [1.165, 1.54) is 50.0 Å². The van der Waals surface area contributed by atoms with E-state index in [4.69, 9.17) is 4.74 Å². The molecule has 1 atom stereocenters. The van der Waals surface area contributed by atoms with E-state index in [9.17, 15) is 0 Å². The molecule has 0 radical (unpaired) electrons. The Balaban J connectivity index is 1.66. The van der Waals surface area contributed by atoms with Gasteiger partial charge in [-0.2, -0.15) is 11.8 Å². The topological polar surface area (TPSA) is 21.3 Å². The second-order valence-electron chi connectivity index (χ2n) is 5.56. The molecule has 3 fully saturated rings. The zero-order valence-corrected chi connectivity index (χ0v) is 10.9. The van der Waals surface area contributed by atoms with Gasteiger partial charge in [-0.05, 0) is 36.7 Å². The average Bonchev–Trinajstić information content (AvgIpc) is 2.27. The molecule has 3 rings (SSSR count). The molecule has 0 aromatic heterocycles. The van der Waals surface area contributed by atoms with Crippen LogP contribution in [0.15, 0.2) is 0 Å². The molecule has 1 saturated carbocycles. The van der Waals surface area contributed by atoms with E-state index in [0.29, 0.717) is 6.04 Å². The van der Waals surface area contributed by atoms with Gasteiger partial charge >= 0.3 is 0 Å². The molecule has 3 aliphatic rings. The molecule has 2 nitrogen and oxygen atoms in total. The van der Waals surface area contributed by atoms with E-state index in [-0.39, 0.29) is 5.60 Å². The molecule has 2 heterocycles. The molecule has 1 aliphatic carbocycles. The first kappa shape index (κ1) is 11.4. The first-order valence-electron chi connectivity index (χ1n) is 6.84. The van der Waals surface area contributed by atoms with Crippen LogP contribution in [0.3, 0.4) is 0 Å². The molecule has 1 spiro atoms. The van der Waals surface area contributed by atoms with Gasteiger partial charge in [0.2, 0.25) is 0 Å². The summed E-state index contributed by atoms with van der Waals surface area (Å²) in [6.07, 6.45) is 8.28. The lowest BCUT2D eigenvalue weighted by Crippen LogP contribution is -2.60. The number of nitrogens with one attached hydrogen (secondary N) is 1. The lowest BCUT2D eigenvalue weighted by Gasteiger charge is -2.48. The van der Waals surface area contributed by atoms with E-state index in [1.54, 1.807) is 0 Å². The zero-order valence-electron chi connectivity index (χ0n) is 10.0. The van der Waals surface area contributed by atoms with Crippen LogP contribution in [0.1, 0.15) is 38.5 Å². The Morgan fingerprint density at radius 1 is 1.25 bits per heavy atom. The quantitative estimate of drug-likeness (QED) is 0.802. The Bertz CT molecular complexity index is 228. The molecule has 2 saturated heterocycles. The van der Waals surface area contributed by atoms with Gasteiger partial charge < -0.3 is 10.1 Å². The molecule has 0 aromatic rings. The Morgan fingerprint density at radius 2 is 2.06 bits per heavy atom. The molecule has 1 N–H and O–H groups in total. The maximum Gasteiger partial charge on any atom is 0.0851 e. The molecule has 0 amide bonds. The highest BCUT2D eigenvalue weighted by atomic mass is 32.2. The number of thioether (sulfide) groups is 1. The van der Waals surface area contributed by atoms with E-state index in [2.05, 4.69) is 17.1 Å². The third kappa shape index (κ3) is 2.14. The van der Waals surface area contributed by atoms with Crippen molar-refractivity contribution in [3.05, 3.63) is 0 Å². The van der Waals surface area contributed by atoms with Crippen molar-refractivity contribution in [1.29, 1.82) is 0 Å². The smallest absolute Gasteiger partial charge is 0.0851 e. The van der Waals surface area contributed by atoms with Gasteiger partial charge in [-0.1, -0.05) is 19.3 Å². The minimum Gasteiger partial charge on any atom is -0.372 e. The van der Waals surface area contributed by atoms with Gasteiger partial charge in [-0.3, -0.25) is 0 Å². The van der Waals surface area contributed by atoms with Crippen LogP contribution in [-0.4, -0.2) is 36.3 Å². The van der Waals surface area contributed by atoms with Crippen molar-refractivity contribution < 1.29 is 4.74 Å². The van der Waals surface area contributed by atoms with Crippen molar-refractivity contribution in [2.75, 3.05) is 24.7 Å². The number of hydrogen-bond acceptors (Lipinski definition) is 3. The van der Waals surface area contributed by atoms with Gasteiger partial charge in [0, 0.05) is 12.6 Å². The van der Waals surface area contributed by atoms with E-state index in [1.807, 2.05) is 0 Å². The predicted octanol–water partition coefficient (Wildman–Crippen LogP) is 2.43. The van der Waals surface area contributed by atoms with Crippen molar-refractivity contribution in [1.82, 2.24) is 5.32 Å². The lowest BCUT2D eigenvalue weighted by molar-refractivity contribution is -0.108. The summed E-state index contributed by atoms with van der Waals surface area (Å²) < 4.78 is 6.21. The first-order chi connectivity index (χ1) is 7.89. The third-order valence-electron chi connectivity index (χ3n) is 4.65. The summed E-state index contributed by atoms with van der Waals surface area (Å²) in [7, 11) is 0. The molecule has 0 aromatic carbocycles. The Morgan fingerprint density at radius 3 is 2.75 bits per heavy atom. The largest absolute Gasteiger partial charge is 0.372 e. The summed E-state index contributed by atoms with van der Waals surface area (Å²) in [5.74, 6) is 3.58. The molecule has 0 bridgehead atoms. The van der Waals surface area contributed by atoms with Crippen molar-refractivity contribution in [3.8, 4) is 0 Å². The highest BCUT2D eigenvalue weighted by Crippen LogP contribution is 2.40. The highest BCUT2D eigenvalue weighted by Gasteiger charge is 2.44. The van der Waals surface area contributed by atoms with Crippen molar-refractivity contribution in [2.24, 2.45) is 5.92 Å². The van der Waals surface area contributed by atoms with E-state index in [0.717, 1.165) is 19.1 Å². The van der Waals surface area contributed by atoms with Gasteiger partial charge in [0.05, 0.1) is 12.2 Å². The first-order valence-corrected chi connectivity index (χ1v) is 8.00. The van der Waals surface area contributed by atoms with E-state index >= 15 is 0 Å². The fourth-order valence-electron chi connectivity index (χ4n) is 3.34. The van der Waals surface area contributed by atoms with Gasteiger partial charge in [0.1, 0.15) is 0 Å². The van der Waals surface area contributed by atoms with Crippen LogP contribution >= 0.6 is 11.8 Å². The maximum absolute atomic E-state index is 6.21. The summed E-state index contributed by atoms with van der Waals surface area (Å²) in [6, 6.07) is 0.646. The summed E-state index contributed by atoms with van der Waals surface area (Å²) in [6.45, 7) is 1.98. The number of ether oxygens (including phenoxy) is 1. The average molecular weight is 241 g/mol. The highest BCUT2D eigenvalue weighted by molar-refractivity contribution is 7.99. The zero-order chi connectivity index (χ0) is 10.8. The SMILES string of the molecule is C1CC(CC2NCCOC23CCSCC3)C1. The number of hydrogen-bond donors (Lipinski definition) is 1. The molecular weight excluding hydrogens is 218 g/mol. The number of morpholine rings is 1. The predicted molar refractivity (Wildman–Crippen MR) is 69.0 cm³/mol.